The Morgan fingerprint density at radius 1 is 1.56 bits per heavy atom. The van der Waals surface area contributed by atoms with Crippen molar-refractivity contribution in [1.82, 2.24) is 0 Å². The summed E-state index contributed by atoms with van der Waals surface area (Å²) in [6.07, 6.45) is 0. The van der Waals surface area contributed by atoms with E-state index in [0.29, 0.717) is 0 Å². The summed E-state index contributed by atoms with van der Waals surface area (Å²) in [6.45, 7) is 3.55. The molecular weight excluding hydrogens is 130 g/mol. The lowest BCUT2D eigenvalue weighted by Crippen LogP contribution is -2.34. The van der Waals surface area contributed by atoms with Crippen LogP contribution in [0.4, 0.5) is 0 Å². The van der Waals surface area contributed by atoms with Gasteiger partial charge in [-0.15, -0.1) is 0 Å². The molecule has 52 valence electrons. The predicted octanol–water partition coefficient (Wildman–Crippen LogP) is -0.862. The van der Waals surface area contributed by atoms with Crippen LogP contribution in [0.1, 0.15) is 13.8 Å². The highest BCUT2D eigenvalue weighted by molar-refractivity contribution is 5.75. The SMILES string of the molecule is CC(C)C(N)C(=O)O.[MgH2]. The summed E-state index contributed by atoms with van der Waals surface area (Å²) in [6, 6.07) is -0.713. The van der Waals surface area contributed by atoms with Crippen LogP contribution in [0.3, 0.4) is 0 Å². The molecular formula is C5H13MgNO2. The second-order valence-corrected chi connectivity index (χ2v) is 2.11. The molecule has 0 saturated carbocycles. The molecule has 0 amide bonds. The smallest absolute Gasteiger partial charge is 0.320 e. The molecule has 1 atom stereocenters. The van der Waals surface area contributed by atoms with Gasteiger partial charge in [0, 0.05) is 0 Å². The minimum absolute atomic E-state index is 0. The third-order valence-electron chi connectivity index (χ3n) is 1.00. The zero-order valence-electron chi connectivity index (χ0n) is 5.09. The van der Waals surface area contributed by atoms with Crippen molar-refractivity contribution in [3.8, 4) is 0 Å². The van der Waals surface area contributed by atoms with E-state index in [2.05, 4.69) is 0 Å². The second kappa shape index (κ2) is 5.02. The fourth-order valence-electron chi connectivity index (χ4n) is 0.285. The standard InChI is InChI=1S/C5H11NO2.Mg.2H/c1-3(2)4(6)5(7)8;;;/h3-4H,6H2,1-2H3,(H,7,8);;;. The Bertz CT molecular complexity index is 95.0. The first-order valence-electron chi connectivity index (χ1n) is 2.54. The normalized spacial score (nSPS) is 12.4. The molecule has 0 aromatic heterocycles. The molecule has 4 heteroatoms. The summed E-state index contributed by atoms with van der Waals surface area (Å²) < 4.78 is 0. The average molecular weight is 143 g/mol. The zero-order valence-corrected chi connectivity index (χ0v) is 5.09. The van der Waals surface area contributed by atoms with Crippen LogP contribution in [0.25, 0.3) is 0 Å². The van der Waals surface area contributed by atoms with Gasteiger partial charge in [-0.2, -0.15) is 0 Å². The van der Waals surface area contributed by atoms with E-state index in [-0.39, 0.29) is 29.0 Å². The molecule has 3 N–H and O–H groups in total. The monoisotopic (exact) mass is 143 g/mol. The Hall–Kier alpha value is 0.196. The van der Waals surface area contributed by atoms with Gasteiger partial charge < -0.3 is 10.8 Å². The van der Waals surface area contributed by atoms with E-state index in [1.807, 2.05) is 0 Å². The van der Waals surface area contributed by atoms with Crippen LogP contribution in [0.5, 0.6) is 0 Å². The molecule has 0 saturated heterocycles. The molecule has 0 aliphatic rings. The third kappa shape index (κ3) is 4.68. The molecule has 0 fully saturated rings. The molecule has 0 radical (unpaired) electrons. The number of carboxylic acid groups (broad SMARTS) is 1. The van der Waals surface area contributed by atoms with Crippen LogP contribution in [-0.4, -0.2) is 40.2 Å². The maximum Gasteiger partial charge on any atom is 0.320 e. The number of nitrogens with two attached hydrogens (primary N) is 1. The molecule has 0 heterocycles. The van der Waals surface area contributed by atoms with Crippen LogP contribution < -0.4 is 5.73 Å². The molecule has 0 spiro atoms. The van der Waals surface area contributed by atoms with Crippen LogP contribution in [-0.2, 0) is 4.79 Å². The van der Waals surface area contributed by atoms with Gasteiger partial charge in [0.2, 0.25) is 0 Å². The summed E-state index contributed by atoms with van der Waals surface area (Å²) >= 11 is 0. The van der Waals surface area contributed by atoms with Crippen molar-refractivity contribution in [2.45, 2.75) is 19.9 Å². The van der Waals surface area contributed by atoms with E-state index in [1.54, 1.807) is 13.8 Å². The summed E-state index contributed by atoms with van der Waals surface area (Å²) in [5.74, 6) is -0.910. The van der Waals surface area contributed by atoms with Crippen molar-refractivity contribution in [2.24, 2.45) is 11.7 Å². The van der Waals surface area contributed by atoms with Crippen molar-refractivity contribution in [3.63, 3.8) is 0 Å². The Morgan fingerprint density at radius 2 is 1.89 bits per heavy atom. The largest absolute Gasteiger partial charge is 0.480 e. The van der Waals surface area contributed by atoms with E-state index < -0.39 is 12.0 Å². The highest BCUT2D eigenvalue weighted by atomic mass is 24.3. The number of hydrogen-bond acceptors (Lipinski definition) is 2. The van der Waals surface area contributed by atoms with Crippen LogP contribution in [0.15, 0.2) is 0 Å². The Morgan fingerprint density at radius 3 is 1.89 bits per heavy atom. The van der Waals surface area contributed by atoms with E-state index in [4.69, 9.17) is 10.8 Å². The molecule has 0 aromatic rings. The summed E-state index contributed by atoms with van der Waals surface area (Å²) in [7, 11) is 0. The lowest BCUT2D eigenvalue weighted by molar-refractivity contribution is -0.139. The molecule has 0 bridgehead atoms. The first kappa shape index (κ1) is 11.9. The van der Waals surface area contributed by atoms with Crippen LogP contribution in [0, 0.1) is 5.92 Å². The van der Waals surface area contributed by atoms with Gasteiger partial charge >= 0.3 is 29.0 Å². The van der Waals surface area contributed by atoms with Crippen molar-refractivity contribution in [3.05, 3.63) is 0 Å². The van der Waals surface area contributed by atoms with Crippen LogP contribution >= 0.6 is 0 Å². The number of rotatable bonds is 2. The zero-order chi connectivity index (χ0) is 6.73. The quantitative estimate of drug-likeness (QED) is 0.495. The second-order valence-electron chi connectivity index (χ2n) is 2.11. The minimum atomic E-state index is -0.931. The highest BCUT2D eigenvalue weighted by Crippen LogP contribution is 1.96. The van der Waals surface area contributed by atoms with Gasteiger partial charge in [0.25, 0.3) is 0 Å². The lowest BCUT2D eigenvalue weighted by atomic mass is 10.1. The Labute approximate surface area is 70.8 Å². The van der Waals surface area contributed by atoms with Gasteiger partial charge in [-0.25, -0.2) is 0 Å². The van der Waals surface area contributed by atoms with Gasteiger partial charge in [-0.1, -0.05) is 13.8 Å². The van der Waals surface area contributed by atoms with E-state index in [1.165, 1.54) is 0 Å². The van der Waals surface area contributed by atoms with E-state index in [0.717, 1.165) is 0 Å². The molecule has 0 aliphatic carbocycles. The number of carboxylic acids is 1. The molecule has 3 nitrogen and oxygen atoms in total. The van der Waals surface area contributed by atoms with Crippen molar-refractivity contribution in [2.75, 3.05) is 0 Å². The summed E-state index contributed by atoms with van der Waals surface area (Å²) in [5.41, 5.74) is 5.16. The fourth-order valence-corrected chi connectivity index (χ4v) is 0.285. The predicted molar refractivity (Wildman–Crippen MR) is 39.0 cm³/mol. The molecule has 1 unspecified atom stereocenters. The third-order valence-corrected chi connectivity index (χ3v) is 1.00. The summed E-state index contributed by atoms with van der Waals surface area (Å²) in [4.78, 5) is 10.0. The number of hydrogen-bond donors (Lipinski definition) is 2. The molecule has 0 aliphatic heterocycles. The van der Waals surface area contributed by atoms with Gasteiger partial charge in [0.15, 0.2) is 0 Å². The maximum absolute atomic E-state index is 10.0. The molecule has 0 aromatic carbocycles. The lowest BCUT2D eigenvalue weighted by Gasteiger charge is -2.07. The van der Waals surface area contributed by atoms with Crippen molar-refractivity contribution < 1.29 is 9.90 Å². The van der Waals surface area contributed by atoms with Gasteiger partial charge in [-0.3, -0.25) is 4.79 Å². The fraction of sp³-hybridized carbons (Fsp3) is 0.800. The topological polar surface area (TPSA) is 63.3 Å². The van der Waals surface area contributed by atoms with Gasteiger partial charge in [-0.05, 0) is 5.92 Å². The molecule has 0 rings (SSSR count). The first-order chi connectivity index (χ1) is 3.55. The van der Waals surface area contributed by atoms with Crippen molar-refractivity contribution in [1.29, 1.82) is 0 Å². The van der Waals surface area contributed by atoms with Gasteiger partial charge in [0.05, 0.1) is 0 Å². The number of aliphatic carboxylic acids is 1. The molecule has 9 heavy (non-hydrogen) atoms. The Balaban J connectivity index is 0. The maximum atomic E-state index is 10.0. The van der Waals surface area contributed by atoms with E-state index in [9.17, 15) is 4.79 Å². The van der Waals surface area contributed by atoms with Crippen LogP contribution in [0.2, 0.25) is 0 Å². The van der Waals surface area contributed by atoms with Crippen molar-refractivity contribution >= 4 is 29.0 Å². The first-order valence-corrected chi connectivity index (χ1v) is 2.54. The summed E-state index contributed by atoms with van der Waals surface area (Å²) in [5, 5.41) is 8.23. The highest BCUT2D eigenvalue weighted by Gasteiger charge is 2.14. The van der Waals surface area contributed by atoms with Gasteiger partial charge in [0.1, 0.15) is 6.04 Å². The van der Waals surface area contributed by atoms with E-state index >= 15 is 0 Å². The minimum Gasteiger partial charge on any atom is -0.480 e. The number of carbonyl (C=O) groups is 1. The Kier molecular flexibility index (Phi) is 6.65. The average Bonchev–Trinajstić information content (AvgIpc) is 1.64.